The Hall–Kier alpha value is -3.50. The number of aromatic nitrogens is 2. The van der Waals surface area contributed by atoms with Gasteiger partial charge in [-0.2, -0.15) is 13.2 Å². The lowest BCUT2D eigenvalue weighted by Crippen LogP contribution is -2.65. The van der Waals surface area contributed by atoms with Gasteiger partial charge < -0.3 is 14.9 Å². The number of β-lactam (4-membered cyclic amide) rings is 1. The summed E-state index contributed by atoms with van der Waals surface area (Å²) in [6, 6.07) is 9.07. The largest absolute Gasteiger partial charge is 0.490 e. The minimum Gasteiger partial charge on any atom is -0.475 e. The second kappa shape index (κ2) is 8.70. The summed E-state index contributed by atoms with van der Waals surface area (Å²) in [5.41, 5.74) is 1.00. The summed E-state index contributed by atoms with van der Waals surface area (Å²) >= 11 is 0. The van der Waals surface area contributed by atoms with E-state index < -0.39 is 12.1 Å². The number of carboxylic acid groups (broad SMARTS) is 1. The number of hydrogen-bond acceptors (Lipinski definition) is 5. The number of hydrogen-bond donors (Lipinski definition) is 1. The van der Waals surface area contributed by atoms with Gasteiger partial charge in [0.05, 0.1) is 17.3 Å². The Labute approximate surface area is 175 Å². The fourth-order valence-corrected chi connectivity index (χ4v) is 3.52. The molecular formula is C20H19F3N4O4. The highest BCUT2D eigenvalue weighted by Gasteiger charge is 2.54. The molecule has 2 aliphatic rings. The molecule has 1 spiro atoms. The van der Waals surface area contributed by atoms with Crippen LogP contribution in [0.5, 0.6) is 0 Å². The van der Waals surface area contributed by atoms with Gasteiger partial charge in [0, 0.05) is 32.0 Å². The molecule has 2 saturated heterocycles. The number of aliphatic carboxylic acids is 1. The fraction of sp³-hybridized carbons (Fsp3) is 0.350. The number of likely N-dealkylation sites (tertiary alicyclic amines) is 1. The molecule has 0 atom stereocenters. The van der Waals surface area contributed by atoms with Gasteiger partial charge in [0.1, 0.15) is 5.69 Å². The van der Waals surface area contributed by atoms with Crippen molar-refractivity contribution >= 4 is 23.5 Å². The molecule has 31 heavy (non-hydrogen) atoms. The molecule has 0 aliphatic carbocycles. The van der Waals surface area contributed by atoms with Crippen LogP contribution in [0.15, 0.2) is 48.9 Å². The van der Waals surface area contributed by atoms with Crippen molar-refractivity contribution in [1.29, 1.82) is 0 Å². The molecule has 2 fully saturated rings. The van der Waals surface area contributed by atoms with E-state index in [4.69, 9.17) is 9.90 Å². The van der Waals surface area contributed by atoms with E-state index in [-0.39, 0.29) is 17.2 Å². The highest BCUT2D eigenvalue weighted by atomic mass is 19.4. The van der Waals surface area contributed by atoms with Crippen molar-refractivity contribution in [3.05, 3.63) is 54.6 Å². The SMILES string of the molecule is O=C(O)C(F)(F)F.O=C(c1ccccn1)N1CCC2(CC1)CN(c1cccnc1)C2=O. The predicted molar refractivity (Wildman–Crippen MR) is 102 cm³/mol. The lowest BCUT2D eigenvalue weighted by Gasteiger charge is -2.52. The average molecular weight is 436 g/mol. The van der Waals surface area contributed by atoms with Gasteiger partial charge >= 0.3 is 12.1 Å². The van der Waals surface area contributed by atoms with E-state index in [1.807, 2.05) is 18.2 Å². The molecular weight excluding hydrogens is 417 g/mol. The minimum absolute atomic E-state index is 0.0543. The van der Waals surface area contributed by atoms with Crippen LogP contribution in [0.2, 0.25) is 0 Å². The van der Waals surface area contributed by atoms with Crippen molar-refractivity contribution in [2.24, 2.45) is 5.41 Å². The molecule has 2 aromatic rings. The summed E-state index contributed by atoms with van der Waals surface area (Å²) in [6.07, 6.45) is 1.37. The predicted octanol–water partition coefficient (Wildman–Crippen LogP) is 2.38. The summed E-state index contributed by atoms with van der Waals surface area (Å²) < 4.78 is 31.7. The molecule has 2 aliphatic heterocycles. The van der Waals surface area contributed by atoms with Gasteiger partial charge in [0.25, 0.3) is 5.91 Å². The number of pyridine rings is 2. The molecule has 0 saturated carbocycles. The quantitative estimate of drug-likeness (QED) is 0.725. The first-order valence-electron chi connectivity index (χ1n) is 9.36. The van der Waals surface area contributed by atoms with Crippen LogP contribution in [0.3, 0.4) is 0 Å². The van der Waals surface area contributed by atoms with Crippen molar-refractivity contribution in [3.63, 3.8) is 0 Å². The van der Waals surface area contributed by atoms with E-state index in [2.05, 4.69) is 9.97 Å². The number of nitrogens with zero attached hydrogens (tertiary/aromatic N) is 4. The summed E-state index contributed by atoms with van der Waals surface area (Å²) in [6.45, 7) is 1.91. The Morgan fingerprint density at radius 2 is 1.74 bits per heavy atom. The number of halogens is 3. The second-order valence-corrected chi connectivity index (χ2v) is 7.19. The highest BCUT2D eigenvalue weighted by Crippen LogP contribution is 2.43. The maximum absolute atomic E-state index is 12.7. The number of carbonyl (C=O) groups excluding carboxylic acids is 2. The van der Waals surface area contributed by atoms with E-state index >= 15 is 0 Å². The number of rotatable bonds is 2. The highest BCUT2D eigenvalue weighted by molar-refractivity contribution is 6.04. The Morgan fingerprint density at radius 3 is 2.23 bits per heavy atom. The van der Waals surface area contributed by atoms with Crippen LogP contribution in [0.25, 0.3) is 0 Å². The van der Waals surface area contributed by atoms with Gasteiger partial charge in [-0.25, -0.2) is 4.79 Å². The monoisotopic (exact) mass is 436 g/mol. The van der Waals surface area contributed by atoms with Crippen LogP contribution in [0, 0.1) is 5.41 Å². The van der Waals surface area contributed by atoms with Crippen LogP contribution in [-0.2, 0) is 9.59 Å². The Morgan fingerprint density at radius 1 is 1.06 bits per heavy atom. The lowest BCUT2D eigenvalue weighted by molar-refractivity contribution is -0.192. The molecule has 0 radical (unpaired) electrons. The molecule has 4 rings (SSSR count). The molecule has 11 heteroatoms. The van der Waals surface area contributed by atoms with Crippen molar-refractivity contribution in [2.75, 3.05) is 24.5 Å². The number of anilines is 1. The average Bonchev–Trinajstić information content (AvgIpc) is 2.78. The van der Waals surface area contributed by atoms with E-state index in [1.165, 1.54) is 0 Å². The molecule has 0 unspecified atom stereocenters. The number of carbonyl (C=O) groups is 3. The third kappa shape index (κ3) is 4.81. The molecule has 4 heterocycles. The maximum atomic E-state index is 12.7. The summed E-state index contributed by atoms with van der Waals surface area (Å²) in [5.74, 6) is -2.66. The Bertz CT molecular complexity index is 946. The van der Waals surface area contributed by atoms with E-state index in [0.717, 1.165) is 5.69 Å². The van der Waals surface area contributed by atoms with E-state index in [9.17, 15) is 22.8 Å². The number of carboxylic acids is 1. The molecule has 0 aromatic carbocycles. The number of amides is 2. The molecule has 2 amide bonds. The minimum atomic E-state index is -5.08. The van der Waals surface area contributed by atoms with E-state index in [0.29, 0.717) is 38.2 Å². The van der Waals surface area contributed by atoms with Gasteiger partial charge in [0.2, 0.25) is 5.91 Å². The van der Waals surface area contributed by atoms with Gasteiger partial charge in [0.15, 0.2) is 0 Å². The van der Waals surface area contributed by atoms with Crippen LogP contribution in [0.4, 0.5) is 18.9 Å². The summed E-state index contributed by atoms with van der Waals surface area (Å²) in [7, 11) is 0. The molecule has 1 N–H and O–H groups in total. The Kier molecular flexibility index (Phi) is 6.23. The third-order valence-electron chi connectivity index (χ3n) is 5.25. The zero-order valence-electron chi connectivity index (χ0n) is 16.2. The molecule has 8 nitrogen and oxygen atoms in total. The molecule has 0 bridgehead atoms. The van der Waals surface area contributed by atoms with Gasteiger partial charge in [-0.1, -0.05) is 6.07 Å². The van der Waals surface area contributed by atoms with Crippen molar-refractivity contribution in [3.8, 4) is 0 Å². The van der Waals surface area contributed by atoms with Crippen LogP contribution in [0.1, 0.15) is 23.3 Å². The number of piperidine rings is 1. The van der Waals surface area contributed by atoms with Crippen LogP contribution in [-0.4, -0.2) is 63.6 Å². The zero-order chi connectivity index (χ0) is 22.6. The van der Waals surface area contributed by atoms with Crippen LogP contribution < -0.4 is 4.90 Å². The second-order valence-electron chi connectivity index (χ2n) is 7.19. The maximum Gasteiger partial charge on any atom is 0.490 e. The van der Waals surface area contributed by atoms with Crippen molar-refractivity contribution in [2.45, 2.75) is 19.0 Å². The van der Waals surface area contributed by atoms with Crippen LogP contribution >= 0.6 is 0 Å². The van der Waals surface area contributed by atoms with Gasteiger partial charge in [-0.05, 0) is 37.1 Å². The molecule has 2 aromatic heterocycles. The van der Waals surface area contributed by atoms with Crippen molar-refractivity contribution in [1.82, 2.24) is 14.9 Å². The third-order valence-corrected chi connectivity index (χ3v) is 5.25. The summed E-state index contributed by atoms with van der Waals surface area (Å²) in [4.78, 5) is 45.8. The fourth-order valence-electron chi connectivity index (χ4n) is 3.52. The normalized spacial score (nSPS) is 17.5. The van der Waals surface area contributed by atoms with Gasteiger partial charge in [-0.15, -0.1) is 0 Å². The standard InChI is InChI=1S/C18H18N4O2.C2HF3O2/c23-16(15-5-1-2-9-20-15)21-10-6-18(7-11-21)13-22(17(18)24)14-4-3-8-19-12-14;3-2(4,5)1(6)7/h1-5,8-9,12H,6-7,10-11,13H2;(H,6,7). The van der Waals surface area contributed by atoms with Crippen molar-refractivity contribution < 1.29 is 32.7 Å². The first-order valence-corrected chi connectivity index (χ1v) is 9.36. The van der Waals surface area contributed by atoms with Gasteiger partial charge in [-0.3, -0.25) is 19.6 Å². The summed E-state index contributed by atoms with van der Waals surface area (Å²) in [5, 5.41) is 7.12. The first kappa shape index (κ1) is 22.2. The zero-order valence-corrected chi connectivity index (χ0v) is 16.2. The number of alkyl halides is 3. The topological polar surface area (TPSA) is 104 Å². The first-order chi connectivity index (χ1) is 14.6. The Balaban J connectivity index is 0.000000339. The lowest BCUT2D eigenvalue weighted by atomic mass is 9.71. The smallest absolute Gasteiger partial charge is 0.475 e. The van der Waals surface area contributed by atoms with E-state index in [1.54, 1.807) is 40.5 Å². The molecule has 164 valence electrons.